The molecule has 0 aromatic carbocycles. The van der Waals surface area contributed by atoms with Crippen LogP contribution in [0.3, 0.4) is 0 Å². The molecule has 0 aromatic rings. The maximum Gasteiger partial charge on any atom is 0.186 e. The van der Waals surface area contributed by atoms with E-state index in [2.05, 4.69) is 0 Å². The molecule has 0 saturated carbocycles. The van der Waals surface area contributed by atoms with Crippen molar-refractivity contribution in [2.24, 2.45) is 0 Å². The molecule has 0 bridgehead atoms. The van der Waals surface area contributed by atoms with Crippen molar-refractivity contribution in [2.45, 2.75) is 37.6 Å². The van der Waals surface area contributed by atoms with Crippen molar-refractivity contribution in [3.05, 3.63) is 0 Å². The van der Waals surface area contributed by atoms with E-state index in [1.165, 1.54) is 14.2 Å². The molecular weight excluding hydrogens is 188 g/mol. The van der Waals surface area contributed by atoms with Crippen molar-refractivity contribution in [2.75, 3.05) is 21.3 Å². The van der Waals surface area contributed by atoms with Crippen molar-refractivity contribution in [3.8, 4) is 0 Å². The third-order valence-corrected chi connectivity index (χ3v) is 2.53. The molecule has 5 heteroatoms. The molecule has 1 fully saturated rings. The summed E-state index contributed by atoms with van der Waals surface area (Å²) in [4.78, 5) is 0. The number of aliphatic hydroxyl groups is 1. The first-order chi connectivity index (χ1) is 6.65. The quantitative estimate of drug-likeness (QED) is 0.691. The Kier molecular flexibility index (Phi) is 4.28. The van der Waals surface area contributed by atoms with Crippen molar-refractivity contribution >= 4 is 0 Å². The van der Waals surface area contributed by atoms with Crippen LogP contribution in [0.25, 0.3) is 0 Å². The lowest BCUT2D eigenvalue weighted by Crippen LogP contribution is -2.58. The molecule has 5 nitrogen and oxygen atoms in total. The molecule has 1 heterocycles. The summed E-state index contributed by atoms with van der Waals surface area (Å²) in [7, 11) is 4.58. The Bertz CT molecular complexity index is 175. The second-order valence-electron chi connectivity index (χ2n) is 3.34. The highest BCUT2D eigenvalue weighted by Crippen LogP contribution is 2.24. The van der Waals surface area contributed by atoms with Crippen LogP contribution in [-0.2, 0) is 18.9 Å². The van der Waals surface area contributed by atoms with Crippen LogP contribution in [0.15, 0.2) is 0 Å². The van der Waals surface area contributed by atoms with Gasteiger partial charge in [0.1, 0.15) is 18.3 Å². The Labute approximate surface area is 83.9 Å². The van der Waals surface area contributed by atoms with Crippen molar-refractivity contribution in [1.29, 1.82) is 0 Å². The molecular formula is C9H18O5. The van der Waals surface area contributed by atoms with Gasteiger partial charge in [-0.25, -0.2) is 0 Å². The van der Waals surface area contributed by atoms with Gasteiger partial charge in [-0.3, -0.25) is 0 Å². The molecule has 0 spiro atoms. The maximum absolute atomic E-state index is 9.79. The normalized spacial score (nSPS) is 43.9. The van der Waals surface area contributed by atoms with Crippen LogP contribution in [0.4, 0.5) is 0 Å². The molecule has 1 saturated heterocycles. The van der Waals surface area contributed by atoms with Gasteiger partial charge in [0.05, 0.1) is 6.10 Å². The van der Waals surface area contributed by atoms with Crippen molar-refractivity contribution < 1.29 is 24.1 Å². The molecule has 0 amide bonds. The van der Waals surface area contributed by atoms with E-state index in [1.807, 2.05) is 6.92 Å². The van der Waals surface area contributed by atoms with Crippen molar-refractivity contribution in [3.63, 3.8) is 0 Å². The summed E-state index contributed by atoms with van der Waals surface area (Å²) >= 11 is 0. The van der Waals surface area contributed by atoms with E-state index >= 15 is 0 Å². The molecule has 1 N–H and O–H groups in total. The first-order valence-electron chi connectivity index (χ1n) is 4.57. The van der Waals surface area contributed by atoms with Gasteiger partial charge in [-0.2, -0.15) is 0 Å². The summed E-state index contributed by atoms with van der Waals surface area (Å²) in [5.74, 6) is 0. The average Bonchev–Trinajstić information content (AvgIpc) is 2.20. The van der Waals surface area contributed by atoms with Gasteiger partial charge in [0.25, 0.3) is 0 Å². The minimum Gasteiger partial charge on any atom is -0.385 e. The van der Waals surface area contributed by atoms with Gasteiger partial charge in [0, 0.05) is 21.3 Å². The van der Waals surface area contributed by atoms with E-state index in [4.69, 9.17) is 18.9 Å². The fraction of sp³-hybridized carbons (Fsp3) is 1.00. The van der Waals surface area contributed by atoms with E-state index in [1.54, 1.807) is 7.11 Å². The van der Waals surface area contributed by atoms with Crippen LogP contribution < -0.4 is 0 Å². The predicted molar refractivity (Wildman–Crippen MR) is 48.9 cm³/mol. The molecule has 0 unspecified atom stereocenters. The standard InChI is InChI=1S/C9H18O5/c1-5-7(11-2)8(12-3)6(10)9(13-4)14-5/h5-10H,1-4H3/t5-,6+,7-,8-,9-/m0/s1. The lowest BCUT2D eigenvalue weighted by molar-refractivity contribution is -0.293. The van der Waals surface area contributed by atoms with E-state index in [0.717, 1.165) is 0 Å². The van der Waals surface area contributed by atoms with Crippen LogP contribution in [-0.4, -0.2) is 57.1 Å². The summed E-state index contributed by atoms with van der Waals surface area (Å²) in [6.45, 7) is 1.86. The molecule has 0 aliphatic carbocycles. The third-order valence-electron chi connectivity index (χ3n) is 2.53. The number of methoxy groups -OCH3 is 3. The second kappa shape index (κ2) is 5.04. The van der Waals surface area contributed by atoms with Gasteiger partial charge in [-0.05, 0) is 6.92 Å². The third kappa shape index (κ3) is 2.07. The van der Waals surface area contributed by atoms with E-state index in [9.17, 15) is 5.11 Å². The Balaban J connectivity index is 2.73. The molecule has 1 aliphatic heterocycles. The second-order valence-corrected chi connectivity index (χ2v) is 3.34. The molecule has 1 rings (SSSR count). The molecule has 1 aliphatic rings. The van der Waals surface area contributed by atoms with Crippen LogP contribution in [0.2, 0.25) is 0 Å². The van der Waals surface area contributed by atoms with Gasteiger partial charge in [0.15, 0.2) is 6.29 Å². The van der Waals surface area contributed by atoms with Crippen molar-refractivity contribution in [1.82, 2.24) is 0 Å². The van der Waals surface area contributed by atoms with Gasteiger partial charge < -0.3 is 24.1 Å². The smallest absolute Gasteiger partial charge is 0.186 e. The number of aliphatic hydroxyl groups excluding tert-OH is 1. The summed E-state index contributed by atoms with van der Waals surface area (Å²) in [6.07, 6.45) is -2.35. The SMILES string of the molecule is CO[C@H]1O[C@@H](C)[C@H](OC)[C@@H](OC)[C@H]1O. The van der Waals surface area contributed by atoms with Crippen LogP contribution in [0, 0.1) is 0 Å². The number of hydrogen-bond donors (Lipinski definition) is 1. The van der Waals surface area contributed by atoms with Gasteiger partial charge in [-0.15, -0.1) is 0 Å². The zero-order valence-corrected chi connectivity index (χ0v) is 8.97. The van der Waals surface area contributed by atoms with Crippen LogP contribution >= 0.6 is 0 Å². The number of rotatable bonds is 3. The predicted octanol–water partition coefficient (Wildman–Crippen LogP) is -0.232. The van der Waals surface area contributed by atoms with Gasteiger partial charge >= 0.3 is 0 Å². The first-order valence-corrected chi connectivity index (χ1v) is 4.57. The lowest BCUT2D eigenvalue weighted by Gasteiger charge is -2.41. The maximum atomic E-state index is 9.79. The Hall–Kier alpha value is -0.200. The first kappa shape index (κ1) is 11.9. The zero-order chi connectivity index (χ0) is 10.7. The fourth-order valence-corrected chi connectivity index (χ4v) is 1.78. The highest BCUT2D eigenvalue weighted by Gasteiger charge is 2.44. The summed E-state index contributed by atoms with van der Waals surface area (Å²) in [5, 5.41) is 9.79. The Morgan fingerprint density at radius 2 is 1.57 bits per heavy atom. The molecule has 5 atom stereocenters. The minimum absolute atomic E-state index is 0.168. The Morgan fingerprint density at radius 3 is 2.00 bits per heavy atom. The summed E-state index contributed by atoms with van der Waals surface area (Å²) in [6, 6.07) is 0. The monoisotopic (exact) mass is 206 g/mol. The highest BCUT2D eigenvalue weighted by atomic mass is 16.7. The number of ether oxygens (including phenoxy) is 4. The molecule has 84 valence electrons. The summed E-state index contributed by atoms with van der Waals surface area (Å²) < 4.78 is 20.8. The molecule has 0 radical (unpaired) electrons. The Morgan fingerprint density at radius 1 is 1.00 bits per heavy atom. The van der Waals surface area contributed by atoms with E-state index < -0.39 is 18.5 Å². The summed E-state index contributed by atoms with van der Waals surface area (Å²) in [5.41, 5.74) is 0. The zero-order valence-electron chi connectivity index (χ0n) is 8.97. The largest absolute Gasteiger partial charge is 0.385 e. The fourth-order valence-electron chi connectivity index (χ4n) is 1.78. The van der Waals surface area contributed by atoms with Gasteiger partial charge in [-0.1, -0.05) is 0 Å². The average molecular weight is 206 g/mol. The lowest BCUT2D eigenvalue weighted by atomic mass is 9.99. The minimum atomic E-state index is -0.828. The van der Waals surface area contributed by atoms with E-state index in [-0.39, 0.29) is 12.2 Å². The van der Waals surface area contributed by atoms with Crippen LogP contribution in [0.5, 0.6) is 0 Å². The van der Waals surface area contributed by atoms with Crippen LogP contribution in [0.1, 0.15) is 6.92 Å². The molecule has 14 heavy (non-hydrogen) atoms. The highest BCUT2D eigenvalue weighted by molar-refractivity contribution is 4.89. The topological polar surface area (TPSA) is 57.2 Å². The molecule has 0 aromatic heterocycles. The number of hydrogen-bond acceptors (Lipinski definition) is 5. The van der Waals surface area contributed by atoms with E-state index in [0.29, 0.717) is 0 Å². The van der Waals surface area contributed by atoms with Gasteiger partial charge in [0.2, 0.25) is 0 Å².